The molecule has 1 aliphatic carbocycles. The van der Waals surface area contributed by atoms with E-state index in [0.29, 0.717) is 50.8 Å². The van der Waals surface area contributed by atoms with Gasteiger partial charge < -0.3 is 15.0 Å². The zero-order chi connectivity index (χ0) is 20.7. The van der Waals surface area contributed by atoms with Crippen molar-refractivity contribution in [2.24, 2.45) is 5.92 Å². The summed E-state index contributed by atoms with van der Waals surface area (Å²) in [4.78, 5) is 27.1. The van der Waals surface area contributed by atoms with Crippen LogP contribution in [-0.4, -0.2) is 50.8 Å². The fourth-order valence-corrected chi connectivity index (χ4v) is 4.20. The molecular weight excluding hydrogens is 382 g/mol. The molecule has 8 heteroatoms. The number of hydrogen-bond donors (Lipinski definition) is 1. The summed E-state index contributed by atoms with van der Waals surface area (Å²) in [7, 11) is 0. The molecule has 1 saturated carbocycles. The summed E-state index contributed by atoms with van der Waals surface area (Å²) in [6.07, 6.45) is 3.48. The van der Waals surface area contributed by atoms with Crippen molar-refractivity contribution in [2.75, 3.05) is 13.1 Å². The molecule has 1 N–H and O–H groups in total. The molecule has 2 amide bonds. The van der Waals surface area contributed by atoms with Crippen molar-refractivity contribution in [3.05, 3.63) is 46.8 Å². The molecule has 3 heterocycles. The second-order valence-electron chi connectivity index (χ2n) is 8.63. The van der Waals surface area contributed by atoms with E-state index in [1.54, 1.807) is 9.58 Å². The molecule has 2 aliphatic heterocycles. The summed E-state index contributed by atoms with van der Waals surface area (Å²) >= 11 is 0. The Morgan fingerprint density at radius 1 is 1.10 bits per heavy atom. The summed E-state index contributed by atoms with van der Waals surface area (Å²) in [6, 6.07) is 8.65. The Balaban J connectivity index is 1.22. The fourth-order valence-electron chi connectivity index (χ4n) is 4.20. The topological polar surface area (TPSA) is 89.4 Å². The number of aryl methyl sites for hydroxylation is 1. The van der Waals surface area contributed by atoms with Crippen LogP contribution in [0.3, 0.4) is 0 Å². The monoisotopic (exact) mass is 409 g/mol. The highest BCUT2D eigenvalue weighted by Gasteiger charge is 2.34. The van der Waals surface area contributed by atoms with Crippen LogP contribution < -0.4 is 5.32 Å². The zero-order valence-electron chi connectivity index (χ0n) is 17.2. The normalized spacial score (nSPS) is 21.9. The van der Waals surface area contributed by atoms with Crippen LogP contribution >= 0.6 is 0 Å². The average Bonchev–Trinajstić information content (AvgIpc) is 3.49. The van der Waals surface area contributed by atoms with Gasteiger partial charge in [0, 0.05) is 25.0 Å². The maximum atomic E-state index is 13.0. The number of rotatable bonds is 4. The predicted octanol–water partition coefficient (Wildman–Crippen LogP) is 1.99. The molecule has 1 aromatic heterocycles. The van der Waals surface area contributed by atoms with E-state index >= 15 is 0 Å². The molecule has 1 saturated heterocycles. The van der Waals surface area contributed by atoms with Crippen LogP contribution in [0.5, 0.6) is 0 Å². The van der Waals surface area contributed by atoms with E-state index in [1.165, 1.54) is 5.56 Å². The standard InChI is InChI=1S/C22H27N5O3/c1-14-2-4-15(5-3-14)19-12-27-18(13-30-19)20(24-25-27)22(29)26-10-8-16(9-11-26)21(28)23-17-6-7-17/h2-5,16-17,19H,6-13H2,1H3,(H,23,28)/t19-/m1/s1. The number of piperidine rings is 1. The van der Waals surface area contributed by atoms with E-state index in [4.69, 9.17) is 4.74 Å². The first-order chi connectivity index (χ1) is 14.6. The van der Waals surface area contributed by atoms with Gasteiger partial charge in [0.15, 0.2) is 5.69 Å². The van der Waals surface area contributed by atoms with Crippen molar-refractivity contribution in [1.82, 2.24) is 25.2 Å². The molecule has 0 bridgehead atoms. The van der Waals surface area contributed by atoms with Gasteiger partial charge in [0.25, 0.3) is 5.91 Å². The summed E-state index contributed by atoms with van der Waals surface area (Å²) in [5.41, 5.74) is 3.41. The maximum Gasteiger partial charge on any atom is 0.276 e. The van der Waals surface area contributed by atoms with Crippen LogP contribution in [-0.2, 0) is 22.7 Å². The zero-order valence-corrected chi connectivity index (χ0v) is 17.2. The van der Waals surface area contributed by atoms with Crippen LogP contribution in [0.25, 0.3) is 0 Å². The Bertz CT molecular complexity index is 942. The van der Waals surface area contributed by atoms with Gasteiger partial charge in [0.05, 0.1) is 18.8 Å². The lowest BCUT2D eigenvalue weighted by Gasteiger charge is -2.31. The first-order valence-electron chi connectivity index (χ1n) is 10.8. The Morgan fingerprint density at radius 3 is 2.53 bits per heavy atom. The van der Waals surface area contributed by atoms with E-state index in [2.05, 4.69) is 46.8 Å². The quantitative estimate of drug-likeness (QED) is 0.834. The van der Waals surface area contributed by atoms with Crippen molar-refractivity contribution < 1.29 is 14.3 Å². The molecule has 2 fully saturated rings. The minimum Gasteiger partial charge on any atom is -0.365 e. The number of nitrogens with one attached hydrogen (secondary N) is 1. The Kier molecular flexibility index (Phi) is 5.02. The molecule has 1 atom stereocenters. The molecule has 0 unspecified atom stereocenters. The van der Waals surface area contributed by atoms with Crippen LogP contribution in [0, 0.1) is 12.8 Å². The number of nitrogens with zero attached hydrogens (tertiary/aromatic N) is 4. The first-order valence-corrected chi connectivity index (χ1v) is 10.8. The number of carbonyl (C=O) groups excluding carboxylic acids is 2. The van der Waals surface area contributed by atoms with Gasteiger partial charge in [-0.3, -0.25) is 9.59 Å². The Labute approximate surface area is 175 Å². The van der Waals surface area contributed by atoms with Gasteiger partial charge in [0.2, 0.25) is 5.91 Å². The third kappa shape index (κ3) is 3.84. The van der Waals surface area contributed by atoms with Gasteiger partial charge >= 0.3 is 0 Å². The lowest BCUT2D eigenvalue weighted by atomic mass is 9.95. The highest BCUT2D eigenvalue weighted by atomic mass is 16.5. The van der Waals surface area contributed by atoms with Crippen molar-refractivity contribution in [3.63, 3.8) is 0 Å². The molecule has 158 valence electrons. The van der Waals surface area contributed by atoms with Crippen molar-refractivity contribution >= 4 is 11.8 Å². The number of ether oxygens (including phenoxy) is 1. The van der Waals surface area contributed by atoms with Crippen molar-refractivity contribution in [3.8, 4) is 0 Å². The largest absolute Gasteiger partial charge is 0.365 e. The van der Waals surface area contributed by atoms with Gasteiger partial charge in [-0.1, -0.05) is 35.0 Å². The van der Waals surface area contributed by atoms with Crippen LogP contribution in [0.4, 0.5) is 0 Å². The second-order valence-corrected chi connectivity index (χ2v) is 8.63. The second kappa shape index (κ2) is 7.83. The summed E-state index contributed by atoms with van der Waals surface area (Å²) < 4.78 is 7.82. The lowest BCUT2D eigenvalue weighted by Crippen LogP contribution is -2.43. The molecule has 0 radical (unpaired) electrons. The number of aromatic nitrogens is 3. The molecule has 1 aromatic carbocycles. The van der Waals surface area contributed by atoms with E-state index in [1.807, 2.05) is 0 Å². The van der Waals surface area contributed by atoms with E-state index in [0.717, 1.165) is 24.1 Å². The number of carbonyl (C=O) groups is 2. The van der Waals surface area contributed by atoms with Crippen molar-refractivity contribution in [2.45, 2.75) is 57.9 Å². The van der Waals surface area contributed by atoms with E-state index in [9.17, 15) is 9.59 Å². The highest BCUT2D eigenvalue weighted by molar-refractivity contribution is 5.93. The summed E-state index contributed by atoms with van der Waals surface area (Å²) in [5.74, 6) is 0.0261. The Hall–Kier alpha value is -2.74. The third-order valence-electron chi connectivity index (χ3n) is 6.33. The lowest BCUT2D eigenvalue weighted by molar-refractivity contribution is -0.126. The molecule has 2 aromatic rings. The summed E-state index contributed by atoms with van der Waals surface area (Å²) in [6.45, 7) is 4.05. The summed E-state index contributed by atoms with van der Waals surface area (Å²) in [5, 5.41) is 11.5. The van der Waals surface area contributed by atoms with E-state index < -0.39 is 0 Å². The minimum absolute atomic E-state index is 0.00212. The van der Waals surface area contributed by atoms with Gasteiger partial charge in [-0.2, -0.15) is 0 Å². The number of fused-ring (bicyclic) bond motifs is 1. The molecular formula is C22H27N5O3. The average molecular weight is 409 g/mol. The SMILES string of the molecule is Cc1ccc([C@H]2Cn3nnc(C(=O)N4CCC(C(=O)NC5CC5)CC4)c3CO2)cc1. The van der Waals surface area contributed by atoms with Crippen molar-refractivity contribution in [1.29, 1.82) is 0 Å². The van der Waals surface area contributed by atoms with Crippen LogP contribution in [0.1, 0.15) is 59.1 Å². The maximum absolute atomic E-state index is 13.0. The molecule has 5 rings (SSSR count). The van der Waals surface area contributed by atoms with Gasteiger partial charge in [-0.05, 0) is 38.2 Å². The van der Waals surface area contributed by atoms with Gasteiger partial charge in [0.1, 0.15) is 6.10 Å². The molecule has 3 aliphatic rings. The molecule has 30 heavy (non-hydrogen) atoms. The number of benzene rings is 1. The number of amides is 2. The predicted molar refractivity (Wildman–Crippen MR) is 109 cm³/mol. The van der Waals surface area contributed by atoms with E-state index in [-0.39, 0.29) is 23.8 Å². The van der Waals surface area contributed by atoms with Crippen LogP contribution in [0.2, 0.25) is 0 Å². The van der Waals surface area contributed by atoms with Crippen LogP contribution in [0.15, 0.2) is 24.3 Å². The Morgan fingerprint density at radius 2 is 1.83 bits per heavy atom. The number of hydrogen-bond acceptors (Lipinski definition) is 5. The van der Waals surface area contributed by atoms with Gasteiger partial charge in [-0.15, -0.1) is 5.10 Å². The fraction of sp³-hybridized carbons (Fsp3) is 0.545. The molecule has 8 nitrogen and oxygen atoms in total. The first kappa shape index (κ1) is 19.2. The minimum atomic E-state index is -0.116. The van der Waals surface area contributed by atoms with Gasteiger partial charge in [-0.25, -0.2) is 4.68 Å². The number of likely N-dealkylation sites (tertiary alicyclic amines) is 1. The highest BCUT2D eigenvalue weighted by Crippen LogP contribution is 2.28. The third-order valence-corrected chi connectivity index (χ3v) is 6.33. The molecule has 0 spiro atoms. The smallest absolute Gasteiger partial charge is 0.276 e.